The largest absolute Gasteiger partial charge is 0.353 e. The van der Waals surface area contributed by atoms with Crippen LogP contribution >= 0.6 is 0 Å². The summed E-state index contributed by atoms with van der Waals surface area (Å²) in [7, 11) is 0. The lowest BCUT2D eigenvalue weighted by Crippen LogP contribution is -2.40. The molecule has 1 amide bonds. The fourth-order valence-corrected chi connectivity index (χ4v) is 2.60. The third kappa shape index (κ3) is 5.91. The minimum absolute atomic E-state index is 0.242. The zero-order valence-corrected chi connectivity index (χ0v) is 12.5. The van der Waals surface area contributed by atoms with Gasteiger partial charge in [0.15, 0.2) is 0 Å². The predicted octanol–water partition coefficient (Wildman–Crippen LogP) is 1.37. The monoisotopic (exact) mass is 267 g/mol. The zero-order chi connectivity index (χ0) is 13.7. The third-order valence-corrected chi connectivity index (χ3v) is 4.12. The van der Waals surface area contributed by atoms with E-state index in [2.05, 4.69) is 29.4 Å². The highest BCUT2D eigenvalue weighted by atomic mass is 16.1. The highest BCUT2D eigenvalue weighted by molar-refractivity contribution is 5.76. The summed E-state index contributed by atoms with van der Waals surface area (Å²) in [6, 6.07) is 1.09. The van der Waals surface area contributed by atoms with Gasteiger partial charge < -0.3 is 15.5 Å². The number of carbonyl (C=O) groups is 1. The van der Waals surface area contributed by atoms with Crippen LogP contribution in [0, 0.1) is 5.92 Å². The van der Waals surface area contributed by atoms with Crippen molar-refractivity contribution in [2.24, 2.45) is 5.92 Å². The van der Waals surface area contributed by atoms with Crippen LogP contribution in [0.1, 0.15) is 46.0 Å². The predicted molar refractivity (Wildman–Crippen MR) is 78.1 cm³/mol. The molecule has 0 aromatic heterocycles. The van der Waals surface area contributed by atoms with Gasteiger partial charge in [-0.25, -0.2) is 0 Å². The molecule has 0 radical (unpaired) electrons. The molecule has 1 aliphatic carbocycles. The molecule has 0 spiro atoms. The van der Waals surface area contributed by atoms with Crippen molar-refractivity contribution >= 4 is 5.91 Å². The second-order valence-corrected chi connectivity index (χ2v) is 6.44. The standard InChI is InChI=1S/C15H29N3O/c1-12(2)16-11-13-5-8-18(9-6-13)10-7-15(19)17-14-3-4-14/h12-14,16H,3-11H2,1-2H3,(H,17,19). The fraction of sp³-hybridized carbons (Fsp3) is 0.933. The van der Waals surface area contributed by atoms with Crippen molar-refractivity contribution in [3.63, 3.8) is 0 Å². The Morgan fingerprint density at radius 2 is 1.89 bits per heavy atom. The Bertz CT molecular complexity index is 281. The first-order chi connectivity index (χ1) is 9.13. The molecule has 0 bridgehead atoms. The highest BCUT2D eigenvalue weighted by Gasteiger charge is 2.24. The van der Waals surface area contributed by atoms with Gasteiger partial charge in [-0.1, -0.05) is 13.8 Å². The summed E-state index contributed by atoms with van der Waals surface area (Å²) in [5, 5.41) is 6.59. The fourth-order valence-electron chi connectivity index (χ4n) is 2.60. The smallest absolute Gasteiger partial charge is 0.221 e. The van der Waals surface area contributed by atoms with Crippen LogP contribution < -0.4 is 10.6 Å². The van der Waals surface area contributed by atoms with Crippen LogP contribution in [0.3, 0.4) is 0 Å². The Morgan fingerprint density at radius 3 is 2.47 bits per heavy atom. The molecule has 1 heterocycles. The topological polar surface area (TPSA) is 44.4 Å². The van der Waals surface area contributed by atoms with Gasteiger partial charge in [-0.15, -0.1) is 0 Å². The highest BCUT2D eigenvalue weighted by Crippen LogP contribution is 2.19. The molecule has 2 fully saturated rings. The van der Waals surface area contributed by atoms with E-state index in [4.69, 9.17) is 0 Å². The number of amides is 1. The summed E-state index contributed by atoms with van der Waals surface area (Å²) in [6.45, 7) is 8.79. The van der Waals surface area contributed by atoms with Crippen molar-refractivity contribution in [3.8, 4) is 0 Å². The van der Waals surface area contributed by atoms with Gasteiger partial charge in [-0.05, 0) is 51.2 Å². The Morgan fingerprint density at radius 1 is 1.21 bits per heavy atom. The Hall–Kier alpha value is -0.610. The summed E-state index contributed by atoms with van der Waals surface area (Å²) >= 11 is 0. The minimum Gasteiger partial charge on any atom is -0.353 e. The summed E-state index contributed by atoms with van der Waals surface area (Å²) in [5.41, 5.74) is 0. The number of nitrogens with one attached hydrogen (secondary N) is 2. The van der Waals surface area contributed by atoms with Crippen LogP contribution in [-0.2, 0) is 4.79 Å². The number of likely N-dealkylation sites (tertiary alicyclic amines) is 1. The number of piperidine rings is 1. The molecule has 4 nitrogen and oxygen atoms in total. The molecule has 110 valence electrons. The lowest BCUT2D eigenvalue weighted by molar-refractivity contribution is -0.121. The van der Waals surface area contributed by atoms with Gasteiger partial charge in [0.25, 0.3) is 0 Å². The molecule has 2 N–H and O–H groups in total. The molecule has 19 heavy (non-hydrogen) atoms. The molecule has 1 saturated heterocycles. The van der Waals surface area contributed by atoms with E-state index in [1.54, 1.807) is 0 Å². The number of rotatable bonds is 7. The van der Waals surface area contributed by atoms with Crippen molar-refractivity contribution in [1.82, 2.24) is 15.5 Å². The maximum absolute atomic E-state index is 11.6. The van der Waals surface area contributed by atoms with Crippen LogP contribution in [-0.4, -0.2) is 49.1 Å². The molecule has 0 aromatic rings. The normalized spacial score (nSPS) is 21.8. The first-order valence-corrected chi connectivity index (χ1v) is 7.88. The van der Waals surface area contributed by atoms with E-state index in [-0.39, 0.29) is 5.91 Å². The van der Waals surface area contributed by atoms with E-state index in [9.17, 15) is 4.79 Å². The molecule has 0 atom stereocenters. The molecule has 0 aromatic carbocycles. The van der Waals surface area contributed by atoms with Crippen LogP contribution in [0.2, 0.25) is 0 Å². The van der Waals surface area contributed by atoms with Gasteiger partial charge in [-0.3, -0.25) is 4.79 Å². The molecule has 0 unspecified atom stereocenters. The maximum Gasteiger partial charge on any atom is 0.221 e. The molecule has 2 rings (SSSR count). The first-order valence-electron chi connectivity index (χ1n) is 7.88. The van der Waals surface area contributed by atoms with Crippen molar-refractivity contribution < 1.29 is 4.79 Å². The lowest BCUT2D eigenvalue weighted by Gasteiger charge is -2.32. The summed E-state index contributed by atoms with van der Waals surface area (Å²) in [4.78, 5) is 14.1. The van der Waals surface area contributed by atoms with E-state index in [1.807, 2.05) is 0 Å². The SMILES string of the molecule is CC(C)NCC1CCN(CCC(=O)NC2CC2)CC1. The minimum atomic E-state index is 0.242. The van der Waals surface area contributed by atoms with Crippen molar-refractivity contribution in [2.75, 3.05) is 26.2 Å². The van der Waals surface area contributed by atoms with Gasteiger partial charge in [0.05, 0.1) is 0 Å². The van der Waals surface area contributed by atoms with Gasteiger partial charge in [0, 0.05) is 25.0 Å². The average Bonchev–Trinajstić information content (AvgIpc) is 3.19. The molecule has 2 aliphatic rings. The van der Waals surface area contributed by atoms with Crippen LogP contribution in [0.15, 0.2) is 0 Å². The molecule has 1 saturated carbocycles. The Balaban J connectivity index is 1.54. The summed E-state index contributed by atoms with van der Waals surface area (Å²) < 4.78 is 0. The summed E-state index contributed by atoms with van der Waals surface area (Å²) in [6.07, 6.45) is 5.57. The quantitative estimate of drug-likeness (QED) is 0.732. The number of nitrogens with zero attached hydrogens (tertiary/aromatic N) is 1. The van der Waals surface area contributed by atoms with E-state index in [0.717, 1.165) is 32.1 Å². The van der Waals surface area contributed by atoms with Crippen LogP contribution in [0.25, 0.3) is 0 Å². The van der Waals surface area contributed by atoms with Gasteiger partial charge in [-0.2, -0.15) is 0 Å². The molecular weight excluding hydrogens is 238 g/mol. The van der Waals surface area contributed by atoms with Gasteiger partial charge >= 0.3 is 0 Å². The Kier molecular flexibility index (Phi) is 5.64. The Labute approximate surface area is 117 Å². The van der Waals surface area contributed by atoms with Gasteiger partial charge in [0.2, 0.25) is 5.91 Å². The number of hydrogen-bond donors (Lipinski definition) is 2. The third-order valence-electron chi connectivity index (χ3n) is 4.12. The molecular formula is C15H29N3O. The molecule has 1 aliphatic heterocycles. The second-order valence-electron chi connectivity index (χ2n) is 6.44. The maximum atomic E-state index is 11.6. The van der Waals surface area contributed by atoms with Crippen LogP contribution in [0.4, 0.5) is 0 Å². The first kappa shape index (κ1) is 14.8. The summed E-state index contributed by atoms with van der Waals surface area (Å²) in [5.74, 6) is 1.06. The van der Waals surface area contributed by atoms with E-state index >= 15 is 0 Å². The van der Waals surface area contributed by atoms with E-state index < -0.39 is 0 Å². The van der Waals surface area contributed by atoms with Gasteiger partial charge in [0.1, 0.15) is 0 Å². The van der Waals surface area contributed by atoms with Crippen molar-refractivity contribution in [2.45, 2.75) is 58.0 Å². The second kappa shape index (κ2) is 7.25. The van der Waals surface area contributed by atoms with Crippen molar-refractivity contribution in [1.29, 1.82) is 0 Å². The average molecular weight is 267 g/mol. The lowest BCUT2D eigenvalue weighted by atomic mass is 9.96. The van der Waals surface area contributed by atoms with E-state index in [1.165, 1.54) is 25.7 Å². The van der Waals surface area contributed by atoms with E-state index in [0.29, 0.717) is 18.5 Å². The molecule has 4 heteroatoms. The van der Waals surface area contributed by atoms with Crippen molar-refractivity contribution in [3.05, 3.63) is 0 Å². The number of carbonyl (C=O) groups excluding carboxylic acids is 1. The number of hydrogen-bond acceptors (Lipinski definition) is 3. The zero-order valence-electron chi connectivity index (χ0n) is 12.5. The van der Waals surface area contributed by atoms with Crippen LogP contribution in [0.5, 0.6) is 0 Å².